The van der Waals surface area contributed by atoms with Crippen molar-refractivity contribution in [2.24, 2.45) is 0 Å². The van der Waals surface area contributed by atoms with Crippen molar-refractivity contribution in [1.82, 2.24) is 9.97 Å². The molecule has 17 heavy (non-hydrogen) atoms. The molecule has 0 spiro atoms. The second-order valence-electron chi connectivity index (χ2n) is 4.45. The Morgan fingerprint density at radius 3 is 2.65 bits per heavy atom. The Labute approximate surface area is 109 Å². The predicted molar refractivity (Wildman–Crippen MR) is 70.8 cm³/mol. The van der Waals surface area contributed by atoms with Gasteiger partial charge in [0.15, 0.2) is 0 Å². The Morgan fingerprint density at radius 2 is 2.00 bits per heavy atom. The van der Waals surface area contributed by atoms with Gasteiger partial charge in [0.25, 0.3) is 0 Å². The van der Waals surface area contributed by atoms with Crippen molar-refractivity contribution in [3.8, 4) is 5.88 Å². The smallest absolute Gasteiger partial charge is 0.221 e. The second-order valence-corrected chi connectivity index (χ2v) is 4.81. The van der Waals surface area contributed by atoms with Crippen molar-refractivity contribution in [3.05, 3.63) is 17.0 Å². The van der Waals surface area contributed by atoms with Crippen molar-refractivity contribution in [2.45, 2.75) is 52.4 Å². The molecule has 0 unspecified atom stereocenters. The van der Waals surface area contributed by atoms with Gasteiger partial charge in [0, 0.05) is 0 Å². The normalized spacial score (nSPS) is 10.9. The molecule has 4 heteroatoms. The summed E-state index contributed by atoms with van der Waals surface area (Å²) in [4.78, 5) is 8.15. The Balaban J connectivity index is 2.55. The predicted octanol–water partition coefficient (Wildman–Crippen LogP) is 4.21. The summed E-state index contributed by atoms with van der Waals surface area (Å²) < 4.78 is 5.69. The van der Waals surface area contributed by atoms with Crippen LogP contribution >= 0.6 is 11.6 Å². The molecule has 1 aromatic rings. The number of aromatic nitrogens is 2. The van der Waals surface area contributed by atoms with E-state index in [1.165, 1.54) is 25.6 Å². The summed E-state index contributed by atoms with van der Waals surface area (Å²) in [7, 11) is 0. The number of ether oxygens (including phenoxy) is 1. The van der Waals surface area contributed by atoms with Gasteiger partial charge in [-0.2, -0.15) is 0 Å². The fourth-order valence-electron chi connectivity index (χ4n) is 1.66. The lowest BCUT2D eigenvalue weighted by Gasteiger charge is -2.13. The van der Waals surface area contributed by atoms with Crippen LogP contribution in [-0.2, 0) is 0 Å². The summed E-state index contributed by atoms with van der Waals surface area (Å²) in [5, 5.41) is 0.499. The summed E-state index contributed by atoms with van der Waals surface area (Å²) in [6.45, 7) is 7.03. The Bertz CT molecular complexity index is 342. The monoisotopic (exact) mass is 256 g/mol. The molecule has 1 aromatic heterocycles. The minimum atomic E-state index is 0.273. The molecule has 3 nitrogen and oxygen atoms in total. The van der Waals surface area contributed by atoms with Crippen molar-refractivity contribution >= 4 is 11.6 Å². The molecule has 0 saturated carbocycles. The molecular weight excluding hydrogens is 236 g/mol. The zero-order chi connectivity index (χ0) is 12.7. The van der Waals surface area contributed by atoms with Gasteiger partial charge in [0.2, 0.25) is 5.88 Å². The Kier molecular flexibility index (Phi) is 6.27. The molecule has 1 rings (SSSR count). The van der Waals surface area contributed by atoms with Crippen molar-refractivity contribution in [2.75, 3.05) is 6.61 Å². The number of hydrogen-bond donors (Lipinski definition) is 0. The van der Waals surface area contributed by atoms with Gasteiger partial charge >= 0.3 is 0 Å². The van der Waals surface area contributed by atoms with Crippen molar-refractivity contribution in [3.63, 3.8) is 0 Å². The van der Waals surface area contributed by atoms with E-state index in [9.17, 15) is 0 Å². The van der Waals surface area contributed by atoms with Crippen LogP contribution in [0.1, 0.15) is 57.9 Å². The highest BCUT2D eigenvalue weighted by Crippen LogP contribution is 2.29. The lowest BCUT2D eigenvalue weighted by molar-refractivity contribution is 0.289. The fraction of sp³-hybridized carbons (Fsp3) is 0.692. The molecule has 0 N–H and O–H groups in total. The van der Waals surface area contributed by atoms with Gasteiger partial charge in [-0.1, -0.05) is 51.6 Å². The zero-order valence-electron chi connectivity index (χ0n) is 10.9. The third-order valence-electron chi connectivity index (χ3n) is 2.61. The third-order valence-corrected chi connectivity index (χ3v) is 2.91. The first kappa shape index (κ1) is 14.2. The van der Waals surface area contributed by atoms with Crippen LogP contribution in [0.4, 0.5) is 0 Å². The molecule has 0 atom stereocenters. The van der Waals surface area contributed by atoms with E-state index in [0.29, 0.717) is 17.6 Å². The van der Waals surface area contributed by atoms with Crippen LogP contribution in [0, 0.1) is 0 Å². The first-order valence-electron chi connectivity index (χ1n) is 6.30. The van der Waals surface area contributed by atoms with Crippen LogP contribution in [0.5, 0.6) is 5.88 Å². The fourth-order valence-corrected chi connectivity index (χ4v) is 2.00. The van der Waals surface area contributed by atoms with E-state index in [2.05, 4.69) is 30.7 Å². The molecule has 0 aliphatic heterocycles. The summed E-state index contributed by atoms with van der Waals surface area (Å²) >= 11 is 6.06. The van der Waals surface area contributed by atoms with Gasteiger partial charge in [-0.3, -0.25) is 0 Å². The van der Waals surface area contributed by atoms with Gasteiger partial charge in [0.1, 0.15) is 11.5 Å². The maximum absolute atomic E-state index is 6.06. The van der Waals surface area contributed by atoms with Crippen molar-refractivity contribution < 1.29 is 4.74 Å². The Morgan fingerprint density at radius 1 is 1.24 bits per heavy atom. The number of rotatable bonds is 7. The Hall–Kier alpha value is -0.830. The molecule has 0 radical (unpaired) electrons. The highest BCUT2D eigenvalue weighted by Gasteiger charge is 2.14. The molecular formula is C13H21ClN2O. The average Bonchev–Trinajstić information content (AvgIpc) is 2.28. The molecule has 0 aliphatic carbocycles. The molecule has 0 bridgehead atoms. The van der Waals surface area contributed by atoms with Gasteiger partial charge in [-0.15, -0.1) is 0 Å². The molecule has 0 amide bonds. The average molecular weight is 257 g/mol. The van der Waals surface area contributed by atoms with Crippen molar-refractivity contribution in [1.29, 1.82) is 0 Å². The first-order valence-corrected chi connectivity index (χ1v) is 6.67. The minimum absolute atomic E-state index is 0.273. The summed E-state index contributed by atoms with van der Waals surface area (Å²) in [6, 6.07) is 0. The molecule has 96 valence electrons. The highest BCUT2D eigenvalue weighted by atomic mass is 35.5. The van der Waals surface area contributed by atoms with E-state index in [1.807, 2.05) is 0 Å². The van der Waals surface area contributed by atoms with E-state index in [0.717, 1.165) is 12.0 Å². The van der Waals surface area contributed by atoms with Gasteiger partial charge in [0.05, 0.1) is 12.2 Å². The maximum Gasteiger partial charge on any atom is 0.221 e. The second kappa shape index (κ2) is 7.49. The third kappa shape index (κ3) is 4.50. The standard InChI is InChI=1S/C13H21ClN2O/c1-4-5-6-7-8-17-13-11(10(2)3)12(14)15-9-16-13/h9-10H,4-8H2,1-3H3. The number of unbranched alkanes of at least 4 members (excludes halogenated alkanes) is 3. The molecule has 0 aliphatic rings. The van der Waals surface area contributed by atoms with Gasteiger partial charge in [-0.05, 0) is 12.3 Å². The number of nitrogens with zero attached hydrogens (tertiary/aromatic N) is 2. The van der Waals surface area contributed by atoms with E-state index in [1.54, 1.807) is 0 Å². The van der Waals surface area contributed by atoms with E-state index >= 15 is 0 Å². The molecule has 1 heterocycles. The van der Waals surface area contributed by atoms with Gasteiger partial charge in [-0.25, -0.2) is 9.97 Å². The van der Waals surface area contributed by atoms with Crippen LogP contribution in [0.2, 0.25) is 5.15 Å². The summed E-state index contributed by atoms with van der Waals surface area (Å²) in [5.41, 5.74) is 0.907. The summed E-state index contributed by atoms with van der Waals surface area (Å²) in [6.07, 6.45) is 6.20. The molecule has 0 saturated heterocycles. The lowest BCUT2D eigenvalue weighted by atomic mass is 10.1. The van der Waals surface area contributed by atoms with Crippen LogP contribution < -0.4 is 4.74 Å². The molecule has 0 fully saturated rings. The van der Waals surface area contributed by atoms with Crippen LogP contribution in [-0.4, -0.2) is 16.6 Å². The number of halogens is 1. The first-order chi connectivity index (χ1) is 8.16. The SMILES string of the molecule is CCCCCCOc1ncnc(Cl)c1C(C)C. The molecule has 0 aromatic carbocycles. The zero-order valence-corrected chi connectivity index (χ0v) is 11.6. The van der Waals surface area contributed by atoms with Gasteiger partial charge < -0.3 is 4.74 Å². The quantitative estimate of drug-likeness (QED) is 0.541. The van der Waals surface area contributed by atoms with Crippen LogP contribution in [0.25, 0.3) is 0 Å². The van der Waals surface area contributed by atoms with Crippen LogP contribution in [0.3, 0.4) is 0 Å². The minimum Gasteiger partial charge on any atom is -0.477 e. The highest BCUT2D eigenvalue weighted by molar-refractivity contribution is 6.30. The van der Waals surface area contributed by atoms with E-state index in [4.69, 9.17) is 16.3 Å². The topological polar surface area (TPSA) is 35.0 Å². The van der Waals surface area contributed by atoms with E-state index in [-0.39, 0.29) is 5.92 Å². The largest absolute Gasteiger partial charge is 0.477 e. The lowest BCUT2D eigenvalue weighted by Crippen LogP contribution is -2.05. The van der Waals surface area contributed by atoms with E-state index < -0.39 is 0 Å². The van der Waals surface area contributed by atoms with Crippen LogP contribution in [0.15, 0.2) is 6.33 Å². The number of hydrogen-bond acceptors (Lipinski definition) is 3. The summed E-state index contributed by atoms with van der Waals surface area (Å²) in [5.74, 6) is 0.908. The maximum atomic E-state index is 6.06.